The first-order valence-electron chi connectivity index (χ1n) is 7.62. The fourth-order valence-electron chi connectivity index (χ4n) is 2.76. The molecule has 0 aromatic carbocycles. The smallest absolute Gasteiger partial charge is 0.315 e. The molecule has 1 unspecified atom stereocenters. The predicted octanol–water partition coefficient (Wildman–Crippen LogP) is 1.87. The number of aliphatic carboxylic acids is 1. The number of rotatable bonds is 5. The van der Waals surface area contributed by atoms with Crippen molar-refractivity contribution in [2.45, 2.75) is 77.5 Å². The van der Waals surface area contributed by atoms with Crippen LogP contribution in [-0.2, 0) is 4.79 Å². The standard InChI is InChI=1S/C15H28N2O4/c1-15(2,3)9-11(8-13(19)20)17-14(21)16-10-4-6-12(18)7-5-10/h10-12,18H,4-9H2,1-3H3,(H,19,20)(H2,16,17,21). The molecule has 0 aromatic rings. The fraction of sp³-hybridized carbons (Fsp3) is 0.867. The Morgan fingerprint density at radius 1 is 1.19 bits per heavy atom. The summed E-state index contributed by atoms with van der Waals surface area (Å²) in [7, 11) is 0. The maximum Gasteiger partial charge on any atom is 0.315 e. The zero-order valence-corrected chi connectivity index (χ0v) is 13.2. The van der Waals surface area contributed by atoms with Gasteiger partial charge in [-0.05, 0) is 37.5 Å². The summed E-state index contributed by atoms with van der Waals surface area (Å²) in [5, 5.41) is 24.0. The average Bonchev–Trinajstić information content (AvgIpc) is 2.28. The van der Waals surface area contributed by atoms with Crippen molar-refractivity contribution in [3.05, 3.63) is 0 Å². The largest absolute Gasteiger partial charge is 0.481 e. The molecule has 1 aliphatic carbocycles. The summed E-state index contributed by atoms with van der Waals surface area (Å²) in [6.45, 7) is 6.05. The number of hydrogen-bond donors (Lipinski definition) is 4. The summed E-state index contributed by atoms with van der Waals surface area (Å²) in [4.78, 5) is 22.9. The van der Waals surface area contributed by atoms with Crippen molar-refractivity contribution in [2.75, 3.05) is 0 Å². The second-order valence-electron chi connectivity index (χ2n) is 7.18. The van der Waals surface area contributed by atoms with Crippen molar-refractivity contribution < 1.29 is 19.8 Å². The number of nitrogens with one attached hydrogen (secondary N) is 2. The molecule has 0 saturated heterocycles. The molecule has 0 bridgehead atoms. The highest BCUT2D eigenvalue weighted by Crippen LogP contribution is 2.22. The van der Waals surface area contributed by atoms with Crippen molar-refractivity contribution >= 4 is 12.0 Å². The summed E-state index contributed by atoms with van der Waals surface area (Å²) in [5.41, 5.74) is -0.0532. The second-order valence-corrected chi connectivity index (χ2v) is 7.18. The van der Waals surface area contributed by atoms with Crippen LogP contribution < -0.4 is 10.6 Å². The Morgan fingerprint density at radius 3 is 2.24 bits per heavy atom. The molecule has 6 heteroatoms. The molecule has 21 heavy (non-hydrogen) atoms. The number of carbonyl (C=O) groups is 2. The third kappa shape index (κ3) is 7.90. The van der Waals surface area contributed by atoms with E-state index in [1.807, 2.05) is 20.8 Å². The minimum Gasteiger partial charge on any atom is -0.481 e. The molecule has 6 nitrogen and oxygen atoms in total. The Balaban J connectivity index is 2.45. The van der Waals surface area contributed by atoms with Gasteiger partial charge < -0.3 is 20.8 Å². The predicted molar refractivity (Wildman–Crippen MR) is 80.0 cm³/mol. The first-order valence-corrected chi connectivity index (χ1v) is 7.62. The lowest BCUT2D eigenvalue weighted by Gasteiger charge is -2.29. The highest BCUT2D eigenvalue weighted by molar-refractivity contribution is 5.76. The molecule has 0 aromatic heterocycles. The van der Waals surface area contributed by atoms with Crippen molar-refractivity contribution in [3.8, 4) is 0 Å². The summed E-state index contributed by atoms with van der Waals surface area (Å²) < 4.78 is 0. The minimum absolute atomic E-state index is 0.0532. The van der Waals surface area contributed by atoms with Crippen LogP contribution in [0.25, 0.3) is 0 Å². The van der Waals surface area contributed by atoms with E-state index in [1.54, 1.807) is 0 Å². The van der Waals surface area contributed by atoms with E-state index in [0.29, 0.717) is 19.3 Å². The normalized spacial score (nSPS) is 24.2. The van der Waals surface area contributed by atoms with Crippen LogP contribution in [0.15, 0.2) is 0 Å². The van der Waals surface area contributed by atoms with Crippen LogP contribution in [0, 0.1) is 5.41 Å². The Hall–Kier alpha value is -1.30. The Morgan fingerprint density at radius 2 is 1.76 bits per heavy atom. The molecule has 0 radical (unpaired) electrons. The second kappa shape index (κ2) is 7.64. The lowest BCUT2D eigenvalue weighted by molar-refractivity contribution is -0.137. The number of amides is 2. The van der Waals surface area contributed by atoms with Crippen LogP contribution in [-0.4, -0.2) is 40.4 Å². The van der Waals surface area contributed by atoms with Crippen molar-refractivity contribution in [1.82, 2.24) is 10.6 Å². The molecule has 2 amide bonds. The molecule has 0 spiro atoms. The van der Waals surface area contributed by atoms with Crippen molar-refractivity contribution in [1.29, 1.82) is 0 Å². The van der Waals surface area contributed by atoms with Crippen LogP contribution in [0.5, 0.6) is 0 Å². The number of aliphatic hydroxyl groups excluding tert-OH is 1. The highest BCUT2D eigenvalue weighted by atomic mass is 16.4. The number of carbonyl (C=O) groups excluding carboxylic acids is 1. The van der Waals surface area contributed by atoms with Gasteiger partial charge in [-0.1, -0.05) is 20.8 Å². The molecule has 4 N–H and O–H groups in total. The van der Waals surface area contributed by atoms with Crippen molar-refractivity contribution in [2.24, 2.45) is 5.41 Å². The summed E-state index contributed by atoms with van der Waals surface area (Å²) in [5.74, 6) is -0.912. The monoisotopic (exact) mass is 300 g/mol. The fourth-order valence-corrected chi connectivity index (χ4v) is 2.76. The maximum absolute atomic E-state index is 12.0. The van der Waals surface area contributed by atoms with Gasteiger partial charge in [0.15, 0.2) is 0 Å². The van der Waals surface area contributed by atoms with E-state index in [-0.39, 0.29) is 36.1 Å². The minimum atomic E-state index is -0.912. The van der Waals surface area contributed by atoms with E-state index < -0.39 is 5.97 Å². The van der Waals surface area contributed by atoms with E-state index in [0.717, 1.165) is 12.8 Å². The number of carboxylic acid groups (broad SMARTS) is 1. The van der Waals surface area contributed by atoms with E-state index in [9.17, 15) is 14.7 Å². The molecule has 1 aliphatic rings. The summed E-state index contributed by atoms with van der Waals surface area (Å²) in [6, 6.07) is -0.628. The van der Waals surface area contributed by atoms with E-state index in [2.05, 4.69) is 10.6 Å². The first-order chi connectivity index (χ1) is 9.65. The molecule has 1 rings (SSSR count). The third-order valence-electron chi connectivity index (χ3n) is 3.65. The van der Waals surface area contributed by atoms with Gasteiger partial charge in [0, 0.05) is 12.1 Å². The molecule has 1 saturated carbocycles. The summed E-state index contributed by atoms with van der Waals surface area (Å²) in [6.07, 6.45) is 3.20. The molecule has 1 fully saturated rings. The van der Waals surface area contributed by atoms with Gasteiger partial charge in [-0.3, -0.25) is 4.79 Å². The van der Waals surface area contributed by atoms with Gasteiger partial charge in [0.1, 0.15) is 0 Å². The first kappa shape index (κ1) is 17.8. The number of carboxylic acids is 1. The van der Waals surface area contributed by atoms with Crippen LogP contribution >= 0.6 is 0 Å². The lowest BCUT2D eigenvalue weighted by Crippen LogP contribution is -2.48. The van der Waals surface area contributed by atoms with E-state index in [1.165, 1.54) is 0 Å². The van der Waals surface area contributed by atoms with Gasteiger partial charge in [-0.15, -0.1) is 0 Å². The quantitative estimate of drug-likeness (QED) is 0.623. The zero-order chi connectivity index (χ0) is 16.0. The number of hydrogen-bond acceptors (Lipinski definition) is 3. The van der Waals surface area contributed by atoms with E-state index >= 15 is 0 Å². The molecule has 122 valence electrons. The van der Waals surface area contributed by atoms with Gasteiger partial charge in [0.2, 0.25) is 0 Å². The summed E-state index contributed by atoms with van der Waals surface area (Å²) >= 11 is 0. The van der Waals surface area contributed by atoms with Gasteiger partial charge in [-0.25, -0.2) is 4.79 Å². The van der Waals surface area contributed by atoms with Crippen LogP contribution in [0.3, 0.4) is 0 Å². The molecular formula is C15H28N2O4. The van der Waals surface area contributed by atoms with Crippen LogP contribution in [0.1, 0.15) is 59.3 Å². The highest BCUT2D eigenvalue weighted by Gasteiger charge is 2.25. The Labute approximate surface area is 126 Å². The maximum atomic E-state index is 12.0. The Kier molecular flexibility index (Phi) is 6.45. The number of urea groups is 1. The molecule has 1 atom stereocenters. The van der Waals surface area contributed by atoms with E-state index in [4.69, 9.17) is 5.11 Å². The van der Waals surface area contributed by atoms with Gasteiger partial charge in [-0.2, -0.15) is 0 Å². The molecule has 0 heterocycles. The number of aliphatic hydroxyl groups is 1. The lowest BCUT2D eigenvalue weighted by atomic mass is 9.87. The molecule has 0 aliphatic heterocycles. The molecular weight excluding hydrogens is 272 g/mol. The van der Waals surface area contributed by atoms with Crippen LogP contribution in [0.4, 0.5) is 4.79 Å². The zero-order valence-electron chi connectivity index (χ0n) is 13.2. The van der Waals surface area contributed by atoms with Crippen LogP contribution in [0.2, 0.25) is 0 Å². The van der Waals surface area contributed by atoms with Gasteiger partial charge >= 0.3 is 12.0 Å². The SMILES string of the molecule is CC(C)(C)CC(CC(=O)O)NC(=O)NC1CCC(O)CC1. The average molecular weight is 300 g/mol. The third-order valence-corrected chi connectivity index (χ3v) is 3.65. The van der Waals surface area contributed by atoms with Gasteiger partial charge in [0.25, 0.3) is 0 Å². The van der Waals surface area contributed by atoms with Gasteiger partial charge in [0.05, 0.1) is 12.5 Å². The topological polar surface area (TPSA) is 98.7 Å². The Bertz CT molecular complexity index is 357. The van der Waals surface area contributed by atoms with Crippen molar-refractivity contribution in [3.63, 3.8) is 0 Å².